The second-order valence-electron chi connectivity index (χ2n) is 3.22. The average molecular weight is 158 g/mol. The first-order valence-electron chi connectivity index (χ1n) is 4.70. The molecule has 0 N–H and O–H groups in total. The third-order valence-electron chi connectivity index (χ3n) is 1.61. The van der Waals surface area contributed by atoms with E-state index in [1.54, 1.807) is 11.8 Å². The fourth-order valence-electron chi connectivity index (χ4n) is 1.25. The second-order valence-corrected chi connectivity index (χ2v) is 3.22. The van der Waals surface area contributed by atoms with Gasteiger partial charge in [-0.2, -0.15) is 0 Å². The molecule has 66 valence electrons. The molecular weight excluding hydrogens is 138 g/mol. The van der Waals surface area contributed by atoms with E-state index in [0.29, 0.717) is 0 Å². The van der Waals surface area contributed by atoms with Crippen molar-refractivity contribution in [3.05, 3.63) is 0 Å². The van der Waals surface area contributed by atoms with Crippen molar-refractivity contribution in [1.82, 2.24) is 4.90 Å². The zero-order chi connectivity index (χ0) is 9.89. The Balaban J connectivity index is 4.41. The Labute approximate surface area is 71.0 Å². The molecule has 0 heterocycles. The molecule has 0 aromatic carbocycles. The van der Waals surface area contributed by atoms with E-state index in [1.165, 1.54) is 0 Å². The van der Waals surface area contributed by atoms with Crippen LogP contribution in [0.1, 0.15) is 42.4 Å². The number of hydrogen-bond acceptors (Lipinski definition) is 1. The van der Waals surface area contributed by atoms with Gasteiger partial charge in [0.1, 0.15) is 0 Å². The summed E-state index contributed by atoms with van der Waals surface area (Å²) in [6.45, 7) is 9.50. The van der Waals surface area contributed by atoms with E-state index in [1.807, 2.05) is 27.7 Å². The van der Waals surface area contributed by atoms with Crippen molar-refractivity contribution < 1.29 is 6.17 Å². The van der Waals surface area contributed by atoms with Gasteiger partial charge in [-0.1, -0.05) is 6.92 Å². The third kappa shape index (κ3) is 2.91. The molecule has 0 bridgehead atoms. The summed E-state index contributed by atoms with van der Waals surface area (Å²) in [4.78, 5) is 13.2. The summed E-state index contributed by atoms with van der Waals surface area (Å²) in [6.07, 6.45) is -0.644. The maximum Gasteiger partial charge on any atom is 0.222 e. The number of nitrogens with zero attached hydrogens (tertiary/aromatic N) is 1. The van der Waals surface area contributed by atoms with E-state index in [0.717, 1.165) is 0 Å². The number of amides is 1. The molecule has 0 aromatic rings. The van der Waals surface area contributed by atoms with Crippen LogP contribution in [0.15, 0.2) is 0 Å². The molecule has 0 aliphatic carbocycles. The molecule has 0 aliphatic rings. The molecule has 0 rings (SSSR count). The Morgan fingerprint density at radius 3 is 1.82 bits per heavy atom. The molecule has 11 heavy (non-hydrogen) atoms. The highest BCUT2D eigenvalue weighted by Gasteiger charge is 2.17. The molecule has 2 nitrogen and oxygen atoms in total. The number of rotatable bonds is 3. The van der Waals surface area contributed by atoms with Crippen molar-refractivity contribution in [3.8, 4) is 0 Å². The molecule has 0 aromatic heterocycles. The largest absolute Gasteiger partial charge is 0.338 e. The monoisotopic (exact) mass is 158 g/mol. The Morgan fingerprint density at radius 1 is 1.36 bits per heavy atom. The zero-order valence-electron chi connectivity index (χ0n) is 9.09. The van der Waals surface area contributed by atoms with Crippen molar-refractivity contribution >= 4 is 5.91 Å². The summed E-state index contributed by atoms with van der Waals surface area (Å²) in [5.41, 5.74) is 0. The van der Waals surface area contributed by atoms with Gasteiger partial charge in [0.15, 0.2) is 0 Å². The molecule has 0 saturated carbocycles. The van der Waals surface area contributed by atoms with E-state index in [-0.39, 0.29) is 18.0 Å². The van der Waals surface area contributed by atoms with Crippen LogP contribution >= 0.6 is 0 Å². The highest BCUT2D eigenvalue weighted by atomic mass is 16.2. The standard InChI is InChI=1S/C9H19NO/c1-6-9(11)10(7(2)3)8(4)5/h7-8H,6H2,1-5H3/i6D. The first-order chi connectivity index (χ1) is 5.37. The van der Waals surface area contributed by atoms with Gasteiger partial charge in [0, 0.05) is 19.9 Å². The van der Waals surface area contributed by atoms with Gasteiger partial charge in [-0.3, -0.25) is 4.79 Å². The quantitative estimate of drug-likeness (QED) is 0.615. The third-order valence-corrected chi connectivity index (χ3v) is 1.61. The maximum absolute atomic E-state index is 11.5. The van der Waals surface area contributed by atoms with Crippen LogP contribution in [-0.4, -0.2) is 22.9 Å². The van der Waals surface area contributed by atoms with Gasteiger partial charge in [0.05, 0.1) is 0 Å². The van der Waals surface area contributed by atoms with Crippen molar-refractivity contribution in [1.29, 1.82) is 0 Å². The maximum atomic E-state index is 11.5. The topological polar surface area (TPSA) is 20.3 Å². The molecule has 0 radical (unpaired) electrons. The van der Waals surface area contributed by atoms with E-state index in [4.69, 9.17) is 1.37 Å². The summed E-state index contributed by atoms with van der Waals surface area (Å²) >= 11 is 0. The van der Waals surface area contributed by atoms with Crippen molar-refractivity contribution in [3.63, 3.8) is 0 Å². The van der Waals surface area contributed by atoms with E-state index >= 15 is 0 Å². The van der Waals surface area contributed by atoms with Gasteiger partial charge in [-0.05, 0) is 27.7 Å². The molecule has 0 fully saturated rings. The lowest BCUT2D eigenvalue weighted by Crippen LogP contribution is -2.41. The van der Waals surface area contributed by atoms with Crippen molar-refractivity contribution in [2.45, 2.75) is 53.1 Å². The van der Waals surface area contributed by atoms with Gasteiger partial charge in [-0.15, -0.1) is 0 Å². The molecule has 1 amide bonds. The minimum atomic E-state index is -0.644. The summed E-state index contributed by atoms with van der Waals surface area (Å²) < 4.78 is 7.31. The van der Waals surface area contributed by atoms with Gasteiger partial charge < -0.3 is 4.90 Å². The van der Waals surface area contributed by atoms with Crippen LogP contribution in [0, 0.1) is 0 Å². The summed E-state index contributed by atoms with van der Waals surface area (Å²) in [5, 5.41) is 0. The van der Waals surface area contributed by atoms with E-state index in [9.17, 15) is 4.79 Å². The van der Waals surface area contributed by atoms with Crippen LogP contribution in [0.4, 0.5) is 0 Å². The molecule has 0 aliphatic heterocycles. The van der Waals surface area contributed by atoms with Gasteiger partial charge in [-0.25, -0.2) is 0 Å². The molecule has 0 spiro atoms. The van der Waals surface area contributed by atoms with Crippen LogP contribution < -0.4 is 0 Å². The summed E-state index contributed by atoms with van der Waals surface area (Å²) in [5.74, 6) is -0.0833. The Kier molecular flexibility index (Phi) is 3.40. The lowest BCUT2D eigenvalue weighted by atomic mass is 10.2. The van der Waals surface area contributed by atoms with Crippen LogP contribution in [0.3, 0.4) is 0 Å². The average Bonchev–Trinajstić information content (AvgIpc) is 1.85. The minimum Gasteiger partial charge on any atom is -0.338 e. The lowest BCUT2D eigenvalue weighted by Gasteiger charge is -2.30. The predicted molar refractivity (Wildman–Crippen MR) is 47.4 cm³/mol. The Hall–Kier alpha value is -0.530. The zero-order valence-corrected chi connectivity index (χ0v) is 8.09. The summed E-state index contributed by atoms with van der Waals surface area (Å²) in [7, 11) is 0. The first-order valence-corrected chi connectivity index (χ1v) is 4.12. The fourth-order valence-corrected chi connectivity index (χ4v) is 1.25. The normalized spacial score (nSPS) is 15.0. The van der Waals surface area contributed by atoms with Crippen LogP contribution in [-0.2, 0) is 4.79 Å². The van der Waals surface area contributed by atoms with Crippen LogP contribution in [0.2, 0.25) is 0 Å². The highest BCUT2D eigenvalue weighted by molar-refractivity contribution is 5.76. The van der Waals surface area contributed by atoms with Crippen LogP contribution in [0.25, 0.3) is 0 Å². The molecule has 1 unspecified atom stereocenters. The Morgan fingerprint density at radius 2 is 1.73 bits per heavy atom. The highest BCUT2D eigenvalue weighted by Crippen LogP contribution is 2.06. The predicted octanol–water partition coefficient (Wildman–Crippen LogP) is 2.04. The van der Waals surface area contributed by atoms with E-state index in [2.05, 4.69) is 0 Å². The first kappa shape index (κ1) is 8.57. The second kappa shape index (κ2) is 4.37. The summed E-state index contributed by atoms with van der Waals surface area (Å²) in [6, 6.07) is 0.371. The fraction of sp³-hybridized carbons (Fsp3) is 0.889. The van der Waals surface area contributed by atoms with Gasteiger partial charge >= 0.3 is 0 Å². The van der Waals surface area contributed by atoms with Gasteiger partial charge in [0.25, 0.3) is 0 Å². The smallest absolute Gasteiger partial charge is 0.222 e. The molecule has 0 saturated heterocycles. The molecule has 1 atom stereocenters. The number of hydrogen-bond donors (Lipinski definition) is 0. The minimum absolute atomic E-state index is 0.0833. The Bertz CT molecular complexity index is 147. The number of carbonyl (C=O) groups excluding carboxylic acids is 1. The lowest BCUT2D eigenvalue weighted by molar-refractivity contribution is -0.134. The molecule has 2 heteroatoms. The molecular formula is C9H19NO. The SMILES string of the molecule is [2H]C(C)C(=O)N(C(C)C)C(C)C. The number of carbonyl (C=O) groups is 1. The van der Waals surface area contributed by atoms with Crippen molar-refractivity contribution in [2.75, 3.05) is 0 Å². The van der Waals surface area contributed by atoms with Gasteiger partial charge in [0.2, 0.25) is 5.91 Å². The van der Waals surface area contributed by atoms with E-state index < -0.39 is 6.40 Å². The van der Waals surface area contributed by atoms with Crippen LogP contribution in [0.5, 0.6) is 0 Å². The van der Waals surface area contributed by atoms with Crippen molar-refractivity contribution in [2.24, 2.45) is 0 Å².